The molecule has 0 spiro atoms. The number of ether oxygens (including phenoxy) is 1. The summed E-state index contributed by atoms with van der Waals surface area (Å²) in [6.45, 7) is 5.24. The molecule has 0 fully saturated rings. The minimum absolute atomic E-state index is 0.140. The number of carbonyl (C=O) groups excluding carboxylic acids is 1. The Morgan fingerprint density at radius 1 is 1.36 bits per heavy atom. The maximum absolute atomic E-state index is 12.3. The Hall–Kier alpha value is -1.52. The Bertz CT molecular complexity index is 330. The first-order chi connectivity index (χ1) is 6.38. The summed E-state index contributed by atoms with van der Waals surface area (Å²) in [4.78, 5) is 17.9. The summed E-state index contributed by atoms with van der Waals surface area (Å²) in [6, 6.07) is 0. The summed E-state index contributed by atoms with van der Waals surface area (Å²) in [5.41, 5.74) is -0.438. The lowest BCUT2D eigenvalue weighted by Crippen LogP contribution is -2.24. The Balaban J connectivity index is 2.76. The van der Waals surface area contributed by atoms with Crippen LogP contribution in [0.2, 0.25) is 0 Å². The zero-order valence-electron chi connectivity index (χ0n) is 8.24. The van der Waals surface area contributed by atoms with Gasteiger partial charge in [0.25, 0.3) is 0 Å². The van der Waals surface area contributed by atoms with Crippen molar-refractivity contribution >= 4 is 5.97 Å². The zero-order chi connectivity index (χ0) is 10.8. The summed E-state index contributed by atoms with van der Waals surface area (Å²) in [7, 11) is 0. The van der Waals surface area contributed by atoms with E-state index in [0.717, 1.165) is 12.4 Å². The summed E-state index contributed by atoms with van der Waals surface area (Å²) >= 11 is 0. The quantitative estimate of drug-likeness (QED) is 0.507. The Kier molecular flexibility index (Phi) is 2.78. The van der Waals surface area contributed by atoms with Gasteiger partial charge in [-0.25, -0.2) is 14.8 Å². The van der Waals surface area contributed by atoms with E-state index in [1.165, 1.54) is 0 Å². The van der Waals surface area contributed by atoms with Gasteiger partial charge in [-0.3, -0.25) is 0 Å². The topological polar surface area (TPSA) is 52.1 Å². The molecule has 4 nitrogen and oxygen atoms in total. The number of rotatable bonds is 1. The van der Waals surface area contributed by atoms with Gasteiger partial charge in [-0.15, -0.1) is 0 Å². The summed E-state index contributed by atoms with van der Waals surface area (Å²) in [6.07, 6.45) is 1.32. The Morgan fingerprint density at radius 3 is 2.29 bits per heavy atom. The highest BCUT2D eigenvalue weighted by Gasteiger charge is 2.18. The van der Waals surface area contributed by atoms with Crippen molar-refractivity contribution < 1.29 is 13.9 Å². The van der Waals surface area contributed by atoms with Gasteiger partial charge in [0, 0.05) is 12.4 Å². The second-order valence-electron chi connectivity index (χ2n) is 3.74. The number of hydrogen-bond acceptors (Lipinski definition) is 4. The van der Waals surface area contributed by atoms with Crippen LogP contribution in [-0.4, -0.2) is 21.5 Å². The predicted octanol–water partition coefficient (Wildman–Crippen LogP) is 1.57. The molecular weight excluding hydrogens is 187 g/mol. The van der Waals surface area contributed by atoms with Crippen molar-refractivity contribution in [2.45, 2.75) is 26.4 Å². The van der Waals surface area contributed by atoms with Crippen LogP contribution < -0.4 is 0 Å². The molecule has 0 aliphatic rings. The van der Waals surface area contributed by atoms with Crippen LogP contribution in [0.5, 0.6) is 0 Å². The van der Waals surface area contributed by atoms with Gasteiger partial charge in [-0.2, -0.15) is 4.39 Å². The fraction of sp³-hybridized carbons (Fsp3) is 0.444. The molecule has 1 heterocycles. The highest BCUT2D eigenvalue weighted by molar-refractivity contribution is 5.88. The lowest BCUT2D eigenvalue weighted by molar-refractivity contribution is 0.00684. The lowest BCUT2D eigenvalue weighted by atomic mass is 10.2. The van der Waals surface area contributed by atoms with E-state index in [-0.39, 0.29) is 5.56 Å². The third kappa shape index (κ3) is 3.08. The molecule has 0 N–H and O–H groups in total. The fourth-order valence-electron chi connectivity index (χ4n) is 0.755. The lowest BCUT2D eigenvalue weighted by Gasteiger charge is -2.18. The van der Waals surface area contributed by atoms with Gasteiger partial charge in [-0.05, 0) is 20.8 Å². The van der Waals surface area contributed by atoms with Crippen LogP contribution in [0, 0.1) is 6.08 Å². The van der Waals surface area contributed by atoms with Crippen LogP contribution in [0.25, 0.3) is 0 Å². The van der Waals surface area contributed by atoms with Crippen LogP contribution in [0.3, 0.4) is 0 Å². The number of carbonyl (C=O) groups is 1. The fourth-order valence-corrected chi connectivity index (χ4v) is 0.755. The molecule has 0 aliphatic carbocycles. The van der Waals surface area contributed by atoms with Gasteiger partial charge in [0.1, 0.15) is 5.60 Å². The van der Waals surface area contributed by atoms with Gasteiger partial charge >= 0.3 is 12.0 Å². The summed E-state index contributed by atoms with van der Waals surface area (Å²) < 4.78 is 17.3. The van der Waals surface area contributed by atoms with Crippen molar-refractivity contribution in [3.8, 4) is 0 Å². The molecule has 0 amide bonds. The van der Waals surface area contributed by atoms with E-state index >= 15 is 0 Å². The minimum atomic E-state index is -0.864. The van der Waals surface area contributed by atoms with Crippen LogP contribution in [0.15, 0.2) is 12.4 Å². The third-order valence-electron chi connectivity index (χ3n) is 1.25. The monoisotopic (exact) mass is 198 g/mol. The van der Waals surface area contributed by atoms with Gasteiger partial charge < -0.3 is 4.74 Å². The molecule has 0 saturated heterocycles. The molecule has 1 aromatic heterocycles. The van der Waals surface area contributed by atoms with E-state index in [4.69, 9.17) is 4.74 Å². The standard InChI is InChI=1S/C9H11FN2O2/c1-9(2,3)14-7(13)6-4-11-8(10)12-5-6/h4-5H,1-3H3. The summed E-state index contributed by atoms with van der Waals surface area (Å²) in [5, 5.41) is 0. The van der Waals surface area contributed by atoms with Crippen LogP contribution in [0.1, 0.15) is 31.1 Å². The molecule has 0 aromatic carbocycles. The second-order valence-corrected chi connectivity index (χ2v) is 3.74. The van der Waals surface area contributed by atoms with Crippen LogP contribution >= 0.6 is 0 Å². The van der Waals surface area contributed by atoms with Crippen molar-refractivity contribution in [2.75, 3.05) is 0 Å². The molecule has 0 unspecified atom stereocenters. The van der Waals surface area contributed by atoms with Crippen LogP contribution in [0.4, 0.5) is 4.39 Å². The number of esters is 1. The smallest absolute Gasteiger partial charge is 0.341 e. The van der Waals surface area contributed by atoms with E-state index in [1.807, 2.05) is 0 Å². The molecule has 14 heavy (non-hydrogen) atoms. The molecule has 0 bridgehead atoms. The molecule has 1 aromatic rings. The molecule has 0 aliphatic heterocycles. The molecule has 0 radical (unpaired) electrons. The van der Waals surface area contributed by atoms with Crippen molar-refractivity contribution in [3.05, 3.63) is 24.0 Å². The van der Waals surface area contributed by atoms with Crippen LogP contribution in [-0.2, 0) is 4.74 Å². The minimum Gasteiger partial charge on any atom is -0.456 e. The van der Waals surface area contributed by atoms with Gasteiger partial charge in [0.15, 0.2) is 0 Å². The highest BCUT2D eigenvalue weighted by Crippen LogP contribution is 2.10. The molecule has 1 rings (SSSR count). The van der Waals surface area contributed by atoms with Gasteiger partial charge in [0.05, 0.1) is 5.56 Å². The first-order valence-electron chi connectivity index (χ1n) is 4.09. The molecule has 5 heteroatoms. The van der Waals surface area contributed by atoms with Crippen molar-refractivity contribution in [1.82, 2.24) is 9.97 Å². The van der Waals surface area contributed by atoms with Crippen molar-refractivity contribution in [3.63, 3.8) is 0 Å². The van der Waals surface area contributed by atoms with E-state index in [9.17, 15) is 9.18 Å². The molecular formula is C9H11FN2O2. The Labute approximate surface area is 81.1 Å². The van der Waals surface area contributed by atoms with E-state index in [0.29, 0.717) is 0 Å². The highest BCUT2D eigenvalue weighted by atomic mass is 19.1. The van der Waals surface area contributed by atoms with E-state index < -0.39 is 17.6 Å². The number of hydrogen-bond donors (Lipinski definition) is 0. The number of aromatic nitrogens is 2. The van der Waals surface area contributed by atoms with Crippen molar-refractivity contribution in [1.29, 1.82) is 0 Å². The molecule has 0 atom stereocenters. The van der Waals surface area contributed by atoms with Gasteiger partial charge in [-0.1, -0.05) is 0 Å². The second kappa shape index (κ2) is 3.69. The van der Waals surface area contributed by atoms with E-state index in [2.05, 4.69) is 9.97 Å². The third-order valence-corrected chi connectivity index (χ3v) is 1.25. The predicted molar refractivity (Wildman–Crippen MR) is 47.2 cm³/mol. The van der Waals surface area contributed by atoms with E-state index in [1.54, 1.807) is 20.8 Å². The maximum atomic E-state index is 12.3. The van der Waals surface area contributed by atoms with Gasteiger partial charge in [0.2, 0.25) is 0 Å². The maximum Gasteiger partial charge on any atom is 0.341 e. The SMILES string of the molecule is CC(C)(C)OC(=O)c1cnc(F)nc1. The van der Waals surface area contributed by atoms with Crippen molar-refractivity contribution in [2.24, 2.45) is 0 Å². The molecule has 0 saturated carbocycles. The summed E-state index contributed by atoms with van der Waals surface area (Å²) in [5.74, 6) is -0.558. The normalized spacial score (nSPS) is 11.1. The molecule has 76 valence electrons. The number of halogens is 1. The largest absolute Gasteiger partial charge is 0.456 e. The zero-order valence-corrected chi connectivity index (χ0v) is 8.24. The average molecular weight is 198 g/mol. The average Bonchev–Trinajstić information content (AvgIpc) is 2.02. The Morgan fingerprint density at radius 2 is 1.86 bits per heavy atom. The first kappa shape index (κ1) is 10.6. The number of nitrogens with zero attached hydrogens (tertiary/aromatic N) is 2. The first-order valence-corrected chi connectivity index (χ1v) is 4.09.